The van der Waals surface area contributed by atoms with Gasteiger partial charge < -0.3 is 10.1 Å². The van der Waals surface area contributed by atoms with Gasteiger partial charge in [0.25, 0.3) is 5.91 Å². The van der Waals surface area contributed by atoms with E-state index in [2.05, 4.69) is 22.5 Å². The Morgan fingerprint density at radius 3 is 2.74 bits per heavy atom. The third-order valence-electron chi connectivity index (χ3n) is 4.65. The van der Waals surface area contributed by atoms with Gasteiger partial charge in [-0.2, -0.15) is 5.10 Å². The van der Waals surface area contributed by atoms with Crippen molar-refractivity contribution in [2.24, 2.45) is 0 Å². The number of amides is 1. The molecule has 1 aliphatic rings. The van der Waals surface area contributed by atoms with E-state index in [0.29, 0.717) is 30.4 Å². The highest BCUT2D eigenvalue weighted by Gasteiger charge is 2.24. The highest BCUT2D eigenvalue weighted by Crippen LogP contribution is 2.27. The fourth-order valence-corrected chi connectivity index (χ4v) is 3.30. The van der Waals surface area contributed by atoms with E-state index in [1.165, 1.54) is 5.56 Å². The Morgan fingerprint density at radius 2 is 1.96 bits per heavy atom. The van der Waals surface area contributed by atoms with E-state index in [1.807, 2.05) is 47.1 Å². The first-order chi connectivity index (χ1) is 13.2. The van der Waals surface area contributed by atoms with Crippen LogP contribution in [0.1, 0.15) is 33.4 Å². The highest BCUT2D eigenvalue weighted by atomic mass is 35.5. The Balaban J connectivity index is 1.37. The summed E-state index contributed by atoms with van der Waals surface area (Å²) in [6.45, 7) is 1.58. The van der Waals surface area contributed by atoms with E-state index >= 15 is 0 Å². The molecule has 4 rings (SSSR count). The van der Waals surface area contributed by atoms with Gasteiger partial charge in [-0.3, -0.25) is 9.48 Å². The Labute approximate surface area is 162 Å². The summed E-state index contributed by atoms with van der Waals surface area (Å²) in [4.78, 5) is 12.4. The predicted octanol–water partition coefficient (Wildman–Crippen LogP) is 3.78. The molecular weight excluding hydrogens is 362 g/mol. The maximum atomic E-state index is 12.4. The van der Waals surface area contributed by atoms with Crippen LogP contribution in [0.15, 0.2) is 60.7 Å². The van der Waals surface area contributed by atoms with Crippen molar-refractivity contribution in [1.82, 2.24) is 15.1 Å². The number of aromatic nitrogens is 2. The van der Waals surface area contributed by atoms with Crippen LogP contribution in [0.5, 0.6) is 0 Å². The number of nitrogens with one attached hydrogen (secondary N) is 1. The van der Waals surface area contributed by atoms with Crippen LogP contribution in [0.25, 0.3) is 0 Å². The van der Waals surface area contributed by atoms with Crippen molar-refractivity contribution in [3.05, 3.63) is 88.2 Å². The van der Waals surface area contributed by atoms with Gasteiger partial charge >= 0.3 is 0 Å². The van der Waals surface area contributed by atoms with E-state index < -0.39 is 0 Å². The SMILES string of the molecule is O=C(NCCc1ccccc1)c1cc2n(n1)CC(c1ccc(Cl)cc1)OC2. The minimum atomic E-state index is -0.157. The summed E-state index contributed by atoms with van der Waals surface area (Å²) < 4.78 is 7.78. The molecule has 2 aromatic carbocycles. The summed E-state index contributed by atoms with van der Waals surface area (Å²) in [5.74, 6) is -0.157. The van der Waals surface area contributed by atoms with Crippen LogP contribution in [0, 0.1) is 0 Å². The quantitative estimate of drug-likeness (QED) is 0.731. The Hall–Kier alpha value is -2.63. The van der Waals surface area contributed by atoms with E-state index in [0.717, 1.165) is 17.7 Å². The molecule has 0 radical (unpaired) electrons. The minimum Gasteiger partial charge on any atom is -0.365 e. The molecule has 0 bridgehead atoms. The second-order valence-electron chi connectivity index (χ2n) is 6.55. The first-order valence-electron chi connectivity index (χ1n) is 8.95. The van der Waals surface area contributed by atoms with Crippen LogP contribution >= 0.6 is 11.6 Å². The average molecular weight is 382 g/mol. The summed E-state index contributed by atoms with van der Waals surface area (Å²) in [6, 6.07) is 19.5. The zero-order valence-electron chi connectivity index (χ0n) is 14.8. The molecule has 1 aliphatic heterocycles. The maximum Gasteiger partial charge on any atom is 0.271 e. The number of fused-ring (bicyclic) bond motifs is 1. The molecule has 0 aliphatic carbocycles. The van der Waals surface area contributed by atoms with Gasteiger partial charge in [0, 0.05) is 11.6 Å². The molecule has 5 nitrogen and oxygen atoms in total. The van der Waals surface area contributed by atoms with Gasteiger partial charge in [-0.1, -0.05) is 54.1 Å². The minimum absolute atomic E-state index is 0.0938. The number of ether oxygens (including phenoxy) is 1. The van der Waals surface area contributed by atoms with Gasteiger partial charge in [-0.05, 0) is 35.7 Å². The van der Waals surface area contributed by atoms with Crippen LogP contribution in [0.3, 0.4) is 0 Å². The molecule has 1 N–H and O–H groups in total. The number of halogens is 1. The molecule has 0 spiro atoms. The molecule has 138 valence electrons. The topological polar surface area (TPSA) is 56.2 Å². The number of hydrogen-bond acceptors (Lipinski definition) is 3. The van der Waals surface area contributed by atoms with Crippen molar-refractivity contribution >= 4 is 17.5 Å². The van der Waals surface area contributed by atoms with Gasteiger partial charge in [0.2, 0.25) is 0 Å². The lowest BCUT2D eigenvalue weighted by Gasteiger charge is -2.24. The van der Waals surface area contributed by atoms with Crippen LogP contribution in [-0.2, 0) is 24.3 Å². The van der Waals surface area contributed by atoms with E-state index in [1.54, 1.807) is 6.07 Å². The molecule has 0 saturated heterocycles. The third kappa shape index (κ3) is 4.21. The Kier molecular flexibility index (Phi) is 5.23. The van der Waals surface area contributed by atoms with Gasteiger partial charge in [0.05, 0.1) is 18.8 Å². The molecule has 1 amide bonds. The van der Waals surface area contributed by atoms with E-state index in [4.69, 9.17) is 16.3 Å². The molecule has 1 unspecified atom stereocenters. The second-order valence-corrected chi connectivity index (χ2v) is 6.98. The van der Waals surface area contributed by atoms with Crippen LogP contribution in [0.4, 0.5) is 0 Å². The largest absolute Gasteiger partial charge is 0.365 e. The molecular formula is C21H20ClN3O2. The van der Waals surface area contributed by atoms with Crippen LogP contribution in [-0.4, -0.2) is 22.2 Å². The fourth-order valence-electron chi connectivity index (χ4n) is 3.17. The average Bonchev–Trinajstić information content (AvgIpc) is 3.13. The molecule has 0 saturated carbocycles. The summed E-state index contributed by atoms with van der Waals surface area (Å²) >= 11 is 5.95. The van der Waals surface area contributed by atoms with Crippen molar-refractivity contribution in [3.8, 4) is 0 Å². The normalized spacial score (nSPS) is 16.0. The zero-order chi connectivity index (χ0) is 18.6. The summed E-state index contributed by atoms with van der Waals surface area (Å²) in [6.07, 6.45) is 0.700. The lowest BCUT2D eigenvalue weighted by atomic mass is 10.1. The molecule has 0 fully saturated rings. The van der Waals surface area contributed by atoms with Crippen molar-refractivity contribution in [2.45, 2.75) is 25.7 Å². The predicted molar refractivity (Wildman–Crippen MR) is 104 cm³/mol. The zero-order valence-corrected chi connectivity index (χ0v) is 15.5. The van der Waals surface area contributed by atoms with Gasteiger partial charge in [-0.25, -0.2) is 0 Å². The monoisotopic (exact) mass is 381 g/mol. The molecule has 3 aromatic rings. The third-order valence-corrected chi connectivity index (χ3v) is 4.90. The lowest BCUT2D eigenvalue weighted by Crippen LogP contribution is -2.26. The van der Waals surface area contributed by atoms with Crippen molar-refractivity contribution in [2.75, 3.05) is 6.54 Å². The molecule has 1 aromatic heterocycles. The molecule has 2 heterocycles. The Morgan fingerprint density at radius 1 is 1.19 bits per heavy atom. The number of benzene rings is 2. The summed E-state index contributed by atoms with van der Waals surface area (Å²) in [5, 5.41) is 8.10. The fraction of sp³-hybridized carbons (Fsp3) is 0.238. The summed E-state index contributed by atoms with van der Waals surface area (Å²) in [7, 11) is 0. The van der Waals surface area contributed by atoms with Gasteiger partial charge in [0.1, 0.15) is 6.10 Å². The number of carbonyl (C=O) groups excluding carboxylic acids is 1. The lowest BCUT2D eigenvalue weighted by molar-refractivity contribution is -0.00119. The van der Waals surface area contributed by atoms with Crippen molar-refractivity contribution in [3.63, 3.8) is 0 Å². The number of hydrogen-bond donors (Lipinski definition) is 1. The number of rotatable bonds is 5. The molecule has 6 heteroatoms. The first kappa shape index (κ1) is 17.8. The first-order valence-corrected chi connectivity index (χ1v) is 9.33. The number of carbonyl (C=O) groups is 1. The summed E-state index contributed by atoms with van der Waals surface area (Å²) in [5.41, 5.74) is 3.59. The molecule has 27 heavy (non-hydrogen) atoms. The highest BCUT2D eigenvalue weighted by molar-refractivity contribution is 6.30. The number of nitrogens with zero attached hydrogens (tertiary/aromatic N) is 2. The van der Waals surface area contributed by atoms with Crippen molar-refractivity contribution < 1.29 is 9.53 Å². The molecule has 1 atom stereocenters. The second kappa shape index (κ2) is 7.94. The van der Waals surface area contributed by atoms with Gasteiger partial charge in [0.15, 0.2) is 5.69 Å². The smallest absolute Gasteiger partial charge is 0.271 e. The van der Waals surface area contributed by atoms with E-state index in [9.17, 15) is 4.79 Å². The van der Waals surface area contributed by atoms with Crippen LogP contribution in [0.2, 0.25) is 5.02 Å². The standard InChI is InChI=1S/C21H20ClN3O2/c22-17-8-6-16(7-9-17)20-13-25-18(14-27-20)12-19(24-25)21(26)23-11-10-15-4-2-1-3-5-15/h1-9,12,20H,10-11,13-14H2,(H,23,26). The van der Waals surface area contributed by atoms with Gasteiger partial charge in [-0.15, -0.1) is 0 Å². The Bertz CT molecular complexity index is 922. The van der Waals surface area contributed by atoms with Crippen molar-refractivity contribution in [1.29, 1.82) is 0 Å². The van der Waals surface area contributed by atoms with Crippen LogP contribution < -0.4 is 5.32 Å². The van der Waals surface area contributed by atoms with E-state index in [-0.39, 0.29) is 12.0 Å². The maximum absolute atomic E-state index is 12.4.